The van der Waals surface area contributed by atoms with Crippen LogP contribution in [0.1, 0.15) is 45.2 Å². The molecule has 0 aliphatic carbocycles. The van der Waals surface area contributed by atoms with Crippen LogP contribution >= 0.6 is 11.8 Å². The van der Waals surface area contributed by atoms with Gasteiger partial charge in [0, 0.05) is 24.4 Å². The van der Waals surface area contributed by atoms with Crippen molar-refractivity contribution >= 4 is 28.8 Å². The van der Waals surface area contributed by atoms with Crippen LogP contribution in [0.25, 0.3) is 0 Å². The highest BCUT2D eigenvalue weighted by Crippen LogP contribution is 2.46. The van der Waals surface area contributed by atoms with Crippen molar-refractivity contribution in [2.75, 3.05) is 20.2 Å². The van der Waals surface area contributed by atoms with Crippen molar-refractivity contribution in [3.8, 4) is 0 Å². The molecule has 0 saturated carbocycles. The van der Waals surface area contributed by atoms with Crippen molar-refractivity contribution in [2.24, 2.45) is 4.99 Å². The minimum Gasteiger partial charge on any atom is -0.466 e. The summed E-state index contributed by atoms with van der Waals surface area (Å²) in [5.41, 5.74) is 1.88. The van der Waals surface area contributed by atoms with E-state index in [2.05, 4.69) is 4.99 Å². The van der Waals surface area contributed by atoms with Gasteiger partial charge in [0.15, 0.2) is 5.17 Å². The maximum atomic E-state index is 15.0. The Kier molecular flexibility index (Phi) is 6.90. The number of esters is 1. The Balaban J connectivity index is 1.71. The number of hydrogen-bond acceptors (Lipinski definition) is 7. The van der Waals surface area contributed by atoms with Crippen LogP contribution in [0.4, 0.5) is 4.39 Å². The molecule has 0 radical (unpaired) electrons. The zero-order valence-corrected chi connectivity index (χ0v) is 20.0. The second kappa shape index (κ2) is 9.69. The van der Waals surface area contributed by atoms with E-state index in [0.717, 1.165) is 0 Å². The van der Waals surface area contributed by atoms with E-state index < -0.39 is 17.8 Å². The number of morpholine rings is 1. The van der Waals surface area contributed by atoms with Crippen LogP contribution in [0.5, 0.6) is 0 Å². The molecule has 33 heavy (non-hydrogen) atoms. The number of methoxy groups -OCH3 is 1. The Morgan fingerprint density at radius 2 is 1.94 bits per heavy atom. The number of rotatable bonds is 5. The van der Waals surface area contributed by atoms with Crippen LogP contribution in [0.15, 0.2) is 51.6 Å². The molecule has 0 spiro atoms. The van der Waals surface area contributed by atoms with Crippen LogP contribution in [0.2, 0.25) is 0 Å². The molecule has 0 N–H and O–H groups in total. The van der Waals surface area contributed by atoms with Crippen LogP contribution in [0, 0.1) is 5.82 Å². The van der Waals surface area contributed by atoms with Gasteiger partial charge in [0.05, 0.1) is 43.1 Å². The first-order valence-corrected chi connectivity index (χ1v) is 11.9. The summed E-state index contributed by atoms with van der Waals surface area (Å²) in [5.74, 6) is -1.03. The predicted molar refractivity (Wildman–Crippen MR) is 125 cm³/mol. The molecule has 0 bridgehead atoms. The second-order valence-electron chi connectivity index (χ2n) is 8.35. The number of amides is 1. The molecule has 3 atom stereocenters. The van der Waals surface area contributed by atoms with Crippen molar-refractivity contribution < 1.29 is 23.5 Å². The SMILES string of the molecule is CCC1=C(C(=O)OC)[C@H](c2ccccc2F)N2C(CC(=O)N3C[C@@H](C)O[C@H](C)C3)=CSC2=N1. The minimum atomic E-state index is -0.766. The lowest BCUT2D eigenvalue weighted by Crippen LogP contribution is -2.48. The van der Waals surface area contributed by atoms with Crippen molar-refractivity contribution in [1.82, 2.24) is 9.80 Å². The molecule has 0 aromatic heterocycles. The number of allylic oxidation sites excluding steroid dienone is 1. The highest BCUT2D eigenvalue weighted by molar-refractivity contribution is 8.16. The number of ether oxygens (including phenoxy) is 2. The maximum Gasteiger partial charge on any atom is 0.338 e. The number of halogens is 1. The van der Waals surface area contributed by atoms with Crippen molar-refractivity contribution in [1.29, 1.82) is 0 Å². The summed E-state index contributed by atoms with van der Waals surface area (Å²) in [7, 11) is 1.31. The molecule has 1 fully saturated rings. The number of fused-ring (bicyclic) bond motifs is 1. The van der Waals surface area contributed by atoms with Gasteiger partial charge in [0.2, 0.25) is 5.91 Å². The molecule has 1 saturated heterocycles. The van der Waals surface area contributed by atoms with Gasteiger partial charge in [-0.05, 0) is 31.7 Å². The lowest BCUT2D eigenvalue weighted by Gasteiger charge is -2.38. The van der Waals surface area contributed by atoms with Gasteiger partial charge in [-0.15, -0.1) is 0 Å². The van der Waals surface area contributed by atoms with E-state index in [4.69, 9.17) is 9.47 Å². The number of hydrogen-bond donors (Lipinski definition) is 0. The number of nitrogens with zero attached hydrogens (tertiary/aromatic N) is 3. The average Bonchev–Trinajstić information content (AvgIpc) is 3.19. The standard InChI is InChI=1S/C24H28FN3O4S/c1-5-19-21(23(30)31-4)22(17-8-6-7-9-18(17)25)28-16(13-33-24(28)26-19)10-20(29)27-11-14(2)32-15(3)12-27/h6-9,13-15,22H,5,10-12H2,1-4H3/t14-,15-,22+/m1/s1. The molecule has 3 aliphatic heterocycles. The van der Waals surface area contributed by atoms with Gasteiger partial charge in [-0.25, -0.2) is 14.2 Å². The zero-order chi connectivity index (χ0) is 23.7. The lowest BCUT2D eigenvalue weighted by atomic mass is 9.92. The Morgan fingerprint density at radius 3 is 2.58 bits per heavy atom. The van der Waals surface area contributed by atoms with Crippen LogP contribution in [-0.2, 0) is 19.1 Å². The summed E-state index contributed by atoms with van der Waals surface area (Å²) < 4.78 is 25.8. The molecule has 176 valence electrons. The molecule has 9 heteroatoms. The topological polar surface area (TPSA) is 71.4 Å². The van der Waals surface area contributed by atoms with E-state index in [-0.39, 0.29) is 24.5 Å². The summed E-state index contributed by atoms with van der Waals surface area (Å²) in [4.78, 5) is 34.3. The Morgan fingerprint density at radius 1 is 1.24 bits per heavy atom. The quantitative estimate of drug-likeness (QED) is 0.603. The van der Waals surface area contributed by atoms with Crippen LogP contribution in [-0.4, -0.2) is 59.3 Å². The Labute approximate surface area is 197 Å². The van der Waals surface area contributed by atoms with E-state index in [1.165, 1.54) is 24.9 Å². The van der Waals surface area contributed by atoms with Gasteiger partial charge < -0.3 is 19.3 Å². The van der Waals surface area contributed by atoms with Gasteiger partial charge in [-0.1, -0.05) is 36.9 Å². The Bertz CT molecular complexity index is 1040. The van der Waals surface area contributed by atoms with E-state index in [1.54, 1.807) is 28.0 Å². The van der Waals surface area contributed by atoms with Crippen LogP contribution < -0.4 is 0 Å². The number of carbonyl (C=O) groups is 2. The summed E-state index contributed by atoms with van der Waals surface area (Å²) in [6.45, 7) is 6.84. The largest absolute Gasteiger partial charge is 0.466 e. The third kappa shape index (κ3) is 4.56. The molecule has 1 amide bonds. The average molecular weight is 474 g/mol. The first-order valence-electron chi connectivity index (χ1n) is 11.1. The van der Waals surface area contributed by atoms with E-state index in [9.17, 15) is 9.59 Å². The fourth-order valence-corrected chi connectivity index (χ4v) is 5.49. The predicted octanol–water partition coefficient (Wildman–Crippen LogP) is 3.99. The monoisotopic (exact) mass is 473 g/mol. The summed E-state index contributed by atoms with van der Waals surface area (Å²) >= 11 is 1.38. The van der Waals surface area contributed by atoms with E-state index in [0.29, 0.717) is 47.2 Å². The number of carbonyl (C=O) groups excluding carboxylic acids is 2. The molecule has 1 aromatic carbocycles. The molecular weight excluding hydrogens is 445 g/mol. The normalized spacial score (nSPS) is 24.9. The van der Waals surface area contributed by atoms with Gasteiger partial charge >= 0.3 is 5.97 Å². The van der Waals surface area contributed by atoms with Gasteiger partial charge in [0.25, 0.3) is 0 Å². The molecular formula is C24H28FN3O4S. The van der Waals surface area contributed by atoms with Gasteiger partial charge in [-0.3, -0.25) is 4.79 Å². The van der Waals surface area contributed by atoms with Crippen molar-refractivity contribution in [3.63, 3.8) is 0 Å². The smallest absolute Gasteiger partial charge is 0.338 e. The number of aliphatic imine (C=N–C) groups is 1. The van der Waals surface area contributed by atoms with Gasteiger partial charge in [0.1, 0.15) is 5.82 Å². The molecule has 3 heterocycles. The summed E-state index contributed by atoms with van der Waals surface area (Å²) in [5, 5.41) is 2.49. The number of amidine groups is 1. The molecule has 4 rings (SSSR count). The van der Waals surface area contributed by atoms with E-state index >= 15 is 4.39 Å². The van der Waals surface area contributed by atoms with Crippen LogP contribution in [0.3, 0.4) is 0 Å². The maximum absolute atomic E-state index is 15.0. The van der Waals surface area contributed by atoms with E-state index in [1.807, 2.05) is 26.2 Å². The fourth-order valence-electron chi connectivity index (χ4n) is 4.55. The first kappa shape index (κ1) is 23.5. The number of benzene rings is 1. The molecule has 0 unspecified atom stereocenters. The summed E-state index contributed by atoms with van der Waals surface area (Å²) in [6.07, 6.45) is 0.532. The highest BCUT2D eigenvalue weighted by Gasteiger charge is 2.43. The highest BCUT2D eigenvalue weighted by atomic mass is 32.2. The lowest BCUT2D eigenvalue weighted by molar-refractivity contribution is -0.142. The second-order valence-corrected chi connectivity index (χ2v) is 9.19. The molecule has 1 aromatic rings. The number of thioether (sulfide) groups is 1. The third-order valence-electron chi connectivity index (χ3n) is 5.93. The molecule has 7 nitrogen and oxygen atoms in total. The van der Waals surface area contributed by atoms with Crippen molar-refractivity contribution in [2.45, 2.75) is 51.9 Å². The molecule has 3 aliphatic rings. The van der Waals surface area contributed by atoms with Crippen molar-refractivity contribution in [3.05, 3.63) is 58.0 Å². The van der Waals surface area contributed by atoms with Gasteiger partial charge in [-0.2, -0.15) is 0 Å². The third-order valence-corrected chi connectivity index (χ3v) is 6.82. The Hall–Kier alpha value is -2.65. The zero-order valence-electron chi connectivity index (χ0n) is 19.2. The fraction of sp³-hybridized carbons (Fsp3) is 0.458. The minimum absolute atomic E-state index is 0.0381. The first-order chi connectivity index (χ1) is 15.8. The summed E-state index contributed by atoms with van der Waals surface area (Å²) in [6, 6.07) is 5.61.